The highest BCUT2D eigenvalue weighted by Gasteiger charge is 2.46. The van der Waals surface area contributed by atoms with Crippen molar-refractivity contribution >= 4 is 17.8 Å². The molecule has 2 aliphatic heterocycles. The molecule has 27 heavy (non-hydrogen) atoms. The van der Waals surface area contributed by atoms with Crippen molar-refractivity contribution in [1.29, 1.82) is 0 Å². The van der Waals surface area contributed by atoms with E-state index in [0.717, 1.165) is 31.2 Å². The molecule has 1 N–H and O–H groups in total. The summed E-state index contributed by atoms with van der Waals surface area (Å²) in [5.74, 6) is -0.356. The molecular weight excluding hydrogens is 349 g/mol. The van der Waals surface area contributed by atoms with Gasteiger partial charge in [-0.05, 0) is 63.1 Å². The number of amides is 4. The van der Waals surface area contributed by atoms with Crippen LogP contribution in [0.5, 0.6) is 0 Å². The Morgan fingerprint density at radius 3 is 2.59 bits per heavy atom. The molecule has 0 aromatic heterocycles. The second-order valence-electron chi connectivity index (χ2n) is 7.92. The zero-order valence-electron chi connectivity index (χ0n) is 15.8. The number of carbonyl (C=O) groups is 3. The first kappa shape index (κ1) is 19.3. The molecule has 7 heteroatoms. The van der Waals surface area contributed by atoms with Gasteiger partial charge in [0, 0.05) is 13.1 Å². The first-order chi connectivity index (χ1) is 12.8. The van der Waals surface area contributed by atoms with E-state index < -0.39 is 11.6 Å². The predicted octanol–water partition coefficient (Wildman–Crippen LogP) is 2.33. The first-order valence-corrected chi connectivity index (χ1v) is 9.42. The highest BCUT2D eigenvalue weighted by atomic mass is 19.1. The molecule has 2 fully saturated rings. The van der Waals surface area contributed by atoms with Crippen molar-refractivity contribution in [3.8, 4) is 0 Å². The lowest BCUT2D eigenvalue weighted by Crippen LogP contribution is -2.51. The lowest BCUT2D eigenvalue weighted by atomic mass is 9.91. The van der Waals surface area contributed by atoms with Gasteiger partial charge in [-0.1, -0.05) is 12.1 Å². The second-order valence-corrected chi connectivity index (χ2v) is 7.92. The van der Waals surface area contributed by atoms with Crippen molar-refractivity contribution in [2.24, 2.45) is 5.92 Å². The molecule has 4 amide bonds. The Kier molecular flexibility index (Phi) is 5.48. The number of halogens is 1. The van der Waals surface area contributed by atoms with Gasteiger partial charge in [-0.3, -0.25) is 14.9 Å². The Labute approximate surface area is 158 Å². The predicted molar refractivity (Wildman–Crippen MR) is 98.3 cm³/mol. The summed E-state index contributed by atoms with van der Waals surface area (Å²) in [5.41, 5.74) is 0.0821. The molecule has 2 aliphatic rings. The first-order valence-electron chi connectivity index (χ1n) is 9.42. The van der Waals surface area contributed by atoms with Crippen LogP contribution in [0.3, 0.4) is 0 Å². The third-order valence-corrected chi connectivity index (χ3v) is 5.62. The van der Waals surface area contributed by atoms with Crippen LogP contribution in [0.2, 0.25) is 0 Å². The second kappa shape index (κ2) is 7.66. The molecule has 2 saturated heterocycles. The van der Waals surface area contributed by atoms with E-state index in [-0.39, 0.29) is 24.2 Å². The largest absolute Gasteiger partial charge is 0.341 e. The molecule has 1 aromatic carbocycles. The number of rotatable bonds is 5. The van der Waals surface area contributed by atoms with Crippen molar-refractivity contribution in [2.45, 2.75) is 45.1 Å². The number of benzene rings is 1. The fraction of sp³-hybridized carbons (Fsp3) is 0.550. The van der Waals surface area contributed by atoms with E-state index >= 15 is 0 Å². The molecule has 0 saturated carbocycles. The summed E-state index contributed by atoms with van der Waals surface area (Å²) < 4.78 is 13.0. The van der Waals surface area contributed by atoms with Gasteiger partial charge in [0.25, 0.3) is 5.91 Å². The molecule has 2 heterocycles. The third-order valence-electron chi connectivity index (χ3n) is 5.62. The Morgan fingerprint density at radius 2 is 1.96 bits per heavy atom. The summed E-state index contributed by atoms with van der Waals surface area (Å²) in [5, 5.41) is 2.27. The van der Waals surface area contributed by atoms with E-state index in [1.807, 2.05) is 0 Å². The molecular formula is C20H26FN3O3. The van der Waals surface area contributed by atoms with E-state index in [0.29, 0.717) is 19.0 Å². The average Bonchev–Trinajstić information content (AvgIpc) is 2.83. The van der Waals surface area contributed by atoms with E-state index in [2.05, 4.69) is 5.32 Å². The number of imide groups is 1. The van der Waals surface area contributed by atoms with Gasteiger partial charge in [0.2, 0.25) is 5.91 Å². The summed E-state index contributed by atoms with van der Waals surface area (Å²) in [4.78, 5) is 39.6. The van der Waals surface area contributed by atoms with E-state index in [9.17, 15) is 18.8 Å². The zero-order valence-corrected chi connectivity index (χ0v) is 15.8. The summed E-state index contributed by atoms with van der Waals surface area (Å²) in [6.07, 6.45) is 3.76. The van der Waals surface area contributed by atoms with Gasteiger partial charge in [-0.2, -0.15) is 0 Å². The lowest BCUT2D eigenvalue weighted by Gasteiger charge is -2.35. The third kappa shape index (κ3) is 4.28. The minimum absolute atomic E-state index is 0.0880. The summed E-state index contributed by atoms with van der Waals surface area (Å²) in [6.45, 7) is 4.53. The number of nitrogens with one attached hydrogen (secondary N) is 1. The summed E-state index contributed by atoms with van der Waals surface area (Å²) in [7, 11) is 0. The van der Waals surface area contributed by atoms with Gasteiger partial charge in [-0.15, -0.1) is 0 Å². The van der Waals surface area contributed by atoms with Gasteiger partial charge >= 0.3 is 6.03 Å². The maximum Gasteiger partial charge on any atom is 0.325 e. The Balaban J connectivity index is 1.54. The van der Waals surface area contributed by atoms with Crippen LogP contribution in [0.15, 0.2) is 24.3 Å². The fourth-order valence-electron chi connectivity index (χ4n) is 3.75. The zero-order chi connectivity index (χ0) is 19.6. The van der Waals surface area contributed by atoms with Crippen molar-refractivity contribution in [3.63, 3.8) is 0 Å². The smallest absolute Gasteiger partial charge is 0.325 e. The molecule has 1 atom stereocenters. The topological polar surface area (TPSA) is 69.7 Å². The molecule has 0 radical (unpaired) electrons. The minimum Gasteiger partial charge on any atom is -0.341 e. The van der Waals surface area contributed by atoms with Crippen LogP contribution in [0, 0.1) is 11.7 Å². The maximum atomic E-state index is 13.0. The average molecular weight is 375 g/mol. The van der Waals surface area contributed by atoms with Crippen LogP contribution in [-0.2, 0) is 16.0 Å². The number of hydrogen-bond donors (Lipinski definition) is 1. The van der Waals surface area contributed by atoms with Crippen LogP contribution in [0.1, 0.15) is 38.7 Å². The molecule has 146 valence electrons. The van der Waals surface area contributed by atoms with Crippen LogP contribution >= 0.6 is 0 Å². The number of nitrogens with zero attached hydrogens (tertiary/aromatic N) is 2. The number of urea groups is 1. The van der Waals surface area contributed by atoms with Crippen LogP contribution in [-0.4, -0.2) is 52.8 Å². The van der Waals surface area contributed by atoms with Crippen LogP contribution in [0.4, 0.5) is 9.18 Å². The van der Waals surface area contributed by atoms with Gasteiger partial charge < -0.3 is 9.80 Å². The molecule has 0 bridgehead atoms. The van der Waals surface area contributed by atoms with Crippen molar-refractivity contribution < 1.29 is 18.8 Å². The monoisotopic (exact) mass is 375 g/mol. The van der Waals surface area contributed by atoms with E-state index in [4.69, 9.17) is 0 Å². The molecule has 1 unspecified atom stereocenters. The molecule has 3 rings (SSSR count). The van der Waals surface area contributed by atoms with Gasteiger partial charge in [0.05, 0.1) is 0 Å². The van der Waals surface area contributed by atoms with Gasteiger partial charge in [0.15, 0.2) is 0 Å². The van der Waals surface area contributed by atoms with Crippen LogP contribution < -0.4 is 5.32 Å². The van der Waals surface area contributed by atoms with Gasteiger partial charge in [0.1, 0.15) is 17.9 Å². The number of likely N-dealkylation sites (tertiary alicyclic amines) is 1. The molecule has 0 spiro atoms. The summed E-state index contributed by atoms with van der Waals surface area (Å²) in [6, 6.07) is 6.02. The van der Waals surface area contributed by atoms with Gasteiger partial charge in [-0.25, -0.2) is 9.18 Å². The van der Waals surface area contributed by atoms with Crippen molar-refractivity contribution in [3.05, 3.63) is 35.6 Å². The fourth-order valence-corrected chi connectivity index (χ4v) is 3.75. The molecule has 0 aliphatic carbocycles. The maximum absolute atomic E-state index is 13.0. The molecule has 6 nitrogen and oxygen atoms in total. The van der Waals surface area contributed by atoms with Crippen molar-refractivity contribution in [1.82, 2.24) is 15.1 Å². The van der Waals surface area contributed by atoms with Crippen molar-refractivity contribution in [2.75, 3.05) is 19.6 Å². The Bertz CT molecular complexity index is 732. The minimum atomic E-state index is -1.01. The van der Waals surface area contributed by atoms with E-state index in [1.54, 1.807) is 30.9 Å². The highest BCUT2D eigenvalue weighted by molar-refractivity contribution is 6.07. The highest BCUT2D eigenvalue weighted by Crippen LogP contribution is 2.24. The Hall–Kier alpha value is -2.44. The van der Waals surface area contributed by atoms with Crippen LogP contribution in [0.25, 0.3) is 0 Å². The number of carbonyl (C=O) groups excluding carboxylic acids is 3. The standard InChI is InChI=1S/C20H26FN3O3/c1-20(2)18(26)22-19(27)24(20)13-17(25)23-11-3-4-15(12-23)6-5-14-7-9-16(21)10-8-14/h7-10,15H,3-6,11-13H2,1-2H3,(H,22,26,27). The van der Waals surface area contributed by atoms with E-state index in [1.165, 1.54) is 17.0 Å². The number of piperidine rings is 1. The lowest BCUT2D eigenvalue weighted by molar-refractivity contribution is -0.135. The quantitative estimate of drug-likeness (QED) is 0.803. The number of hydrogen-bond acceptors (Lipinski definition) is 3. The number of aryl methyl sites for hydroxylation is 1. The SMILES string of the molecule is CC1(C)C(=O)NC(=O)N1CC(=O)N1CCCC(CCc2ccc(F)cc2)C1. The Morgan fingerprint density at radius 1 is 1.26 bits per heavy atom. The normalized spacial score (nSPS) is 22.1. The summed E-state index contributed by atoms with van der Waals surface area (Å²) >= 11 is 0. The molecule has 1 aromatic rings.